The number of nitrogens with zero attached hydrogens (tertiary/aromatic N) is 2. The first-order valence-electron chi connectivity index (χ1n) is 6.14. The summed E-state index contributed by atoms with van der Waals surface area (Å²) in [5.41, 5.74) is 1.21. The van der Waals surface area contributed by atoms with E-state index in [1.807, 2.05) is 0 Å². The van der Waals surface area contributed by atoms with Crippen LogP contribution in [0.2, 0.25) is 0 Å². The van der Waals surface area contributed by atoms with E-state index in [4.69, 9.17) is 9.26 Å². The van der Waals surface area contributed by atoms with Crippen LogP contribution in [-0.4, -0.2) is 22.4 Å². The quantitative estimate of drug-likeness (QED) is 0.800. The SMILES string of the molecule is COc1ccc(-c2nc(-c3ccc(F)cc3)no2)cc1O. The molecule has 0 aliphatic heterocycles. The molecule has 1 heterocycles. The summed E-state index contributed by atoms with van der Waals surface area (Å²) in [5, 5.41) is 13.6. The molecule has 0 fully saturated rings. The van der Waals surface area contributed by atoms with Crippen molar-refractivity contribution >= 4 is 0 Å². The average Bonchev–Trinajstić information content (AvgIpc) is 2.98. The molecule has 3 rings (SSSR count). The molecule has 0 bridgehead atoms. The van der Waals surface area contributed by atoms with E-state index in [1.54, 1.807) is 24.3 Å². The predicted molar refractivity (Wildman–Crippen MR) is 73.3 cm³/mol. The Morgan fingerprint density at radius 1 is 1.10 bits per heavy atom. The molecule has 21 heavy (non-hydrogen) atoms. The van der Waals surface area contributed by atoms with E-state index in [2.05, 4.69) is 10.1 Å². The van der Waals surface area contributed by atoms with Gasteiger partial charge in [0.15, 0.2) is 11.5 Å². The molecule has 6 heteroatoms. The molecular weight excluding hydrogens is 275 g/mol. The molecule has 0 spiro atoms. The van der Waals surface area contributed by atoms with Crippen molar-refractivity contribution in [1.82, 2.24) is 10.1 Å². The van der Waals surface area contributed by atoms with Crippen LogP contribution in [0.4, 0.5) is 4.39 Å². The van der Waals surface area contributed by atoms with E-state index in [9.17, 15) is 9.50 Å². The number of phenolic OH excluding ortho intramolecular Hbond substituents is 1. The van der Waals surface area contributed by atoms with E-state index in [1.165, 1.54) is 25.3 Å². The van der Waals surface area contributed by atoms with Crippen molar-refractivity contribution in [3.63, 3.8) is 0 Å². The van der Waals surface area contributed by atoms with Gasteiger partial charge in [-0.3, -0.25) is 0 Å². The Balaban J connectivity index is 1.94. The summed E-state index contributed by atoms with van der Waals surface area (Å²) in [6, 6.07) is 10.5. The molecule has 0 aliphatic rings. The van der Waals surface area contributed by atoms with Crippen LogP contribution in [0.5, 0.6) is 11.5 Å². The third-order valence-electron chi connectivity index (χ3n) is 2.95. The fourth-order valence-corrected chi connectivity index (χ4v) is 1.88. The fourth-order valence-electron chi connectivity index (χ4n) is 1.88. The maximum Gasteiger partial charge on any atom is 0.258 e. The minimum Gasteiger partial charge on any atom is -0.504 e. The van der Waals surface area contributed by atoms with Crippen LogP contribution in [0.3, 0.4) is 0 Å². The van der Waals surface area contributed by atoms with Gasteiger partial charge in [-0.2, -0.15) is 4.98 Å². The van der Waals surface area contributed by atoms with Gasteiger partial charge in [-0.15, -0.1) is 0 Å². The van der Waals surface area contributed by atoms with Gasteiger partial charge in [0.25, 0.3) is 5.89 Å². The Kier molecular flexibility index (Phi) is 3.27. The van der Waals surface area contributed by atoms with Gasteiger partial charge in [0.2, 0.25) is 5.82 Å². The van der Waals surface area contributed by atoms with Gasteiger partial charge in [-0.05, 0) is 42.5 Å². The average molecular weight is 286 g/mol. The number of halogens is 1. The lowest BCUT2D eigenvalue weighted by Crippen LogP contribution is -1.85. The highest BCUT2D eigenvalue weighted by molar-refractivity contribution is 5.62. The summed E-state index contributed by atoms with van der Waals surface area (Å²) < 4.78 is 23.0. The zero-order valence-electron chi connectivity index (χ0n) is 11.1. The van der Waals surface area contributed by atoms with Crippen molar-refractivity contribution in [2.24, 2.45) is 0 Å². The lowest BCUT2D eigenvalue weighted by Gasteiger charge is -2.03. The number of methoxy groups -OCH3 is 1. The summed E-state index contributed by atoms with van der Waals surface area (Å²) in [5.74, 6) is 0.615. The maximum absolute atomic E-state index is 12.9. The Morgan fingerprint density at radius 3 is 2.48 bits per heavy atom. The molecule has 2 aromatic carbocycles. The minimum atomic E-state index is -0.331. The highest BCUT2D eigenvalue weighted by atomic mass is 19.1. The third kappa shape index (κ3) is 2.55. The van der Waals surface area contributed by atoms with Crippen LogP contribution in [-0.2, 0) is 0 Å². The molecule has 0 aliphatic carbocycles. The van der Waals surface area contributed by atoms with Crippen molar-refractivity contribution in [1.29, 1.82) is 0 Å². The smallest absolute Gasteiger partial charge is 0.258 e. The largest absolute Gasteiger partial charge is 0.504 e. The lowest BCUT2D eigenvalue weighted by molar-refractivity contribution is 0.373. The number of aromatic nitrogens is 2. The van der Waals surface area contributed by atoms with Crippen LogP contribution in [0.15, 0.2) is 47.0 Å². The molecular formula is C15H11FN2O3. The van der Waals surface area contributed by atoms with Crippen LogP contribution in [0.1, 0.15) is 0 Å². The summed E-state index contributed by atoms with van der Waals surface area (Å²) in [6.07, 6.45) is 0. The van der Waals surface area contributed by atoms with E-state index in [0.717, 1.165) is 0 Å². The first-order valence-corrected chi connectivity index (χ1v) is 6.14. The van der Waals surface area contributed by atoms with Crippen molar-refractivity contribution in [3.05, 3.63) is 48.3 Å². The molecule has 106 valence electrons. The Labute approximate surface area is 119 Å². The van der Waals surface area contributed by atoms with Gasteiger partial charge in [0, 0.05) is 11.1 Å². The van der Waals surface area contributed by atoms with Gasteiger partial charge in [-0.25, -0.2) is 4.39 Å². The first-order chi connectivity index (χ1) is 10.2. The van der Waals surface area contributed by atoms with Gasteiger partial charge >= 0.3 is 0 Å². The zero-order chi connectivity index (χ0) is 14.8. The van der Waals surface area contributed by atoms with Gasteiger partial charge < -0.3 is 14.4 Å². The van der Waals surface area contributed by atoms with Crippen molar-refractivity contribution in [2.75, 3.05) is 7.11 Å². The fraction of sp³-hybridized carbons (Fsp3) is 0.0667. The number of aromatic hydroxyl groups is 1. The van der Waals surface area contributed by atoms with Crippen LogP contribution in [0.25, 0.3) is 22.8 Å². The highest BCUT2D eigenvalue weighted by Crippen LogP contribution is 2.31. The number of hydrogen-bond donors (Lipinski definition) is 1. The molecule has 0 radical (unpaired) electrons. The van der Waals surface area contributed by atoms with Crippen molar-refractivity contribution in [2.45, 2.75) is 0 Å². The molecule has 1 N–H and O–H groups in total. The number of benzene rings is 2. The summed E-state index contributed by atoms with van der Waals surface area (Å²) in [7, 11) is 1.47. The molecule has 0 atom stereocenters. The second kappa shape index (κ2) is 5.24. The van der Waals surface area contributed by atoms with E-state index >= 15 is 0 Å². The zero-order valence-corrected chi connectivity index (χ0v) is 11.1. The topological polar surface area (TPSA) is 68.4 Å². The van der Waals surface area contributed by atoms with Crippen LogP contribution < -0.4 is 4.74 Å². The number of phenols is 1. The molecule has 0 saturated heterocycles. The molecule has 1 aromatic heterocycles. The van der Waals surface area contributed by atoms with Gasteiger partial charge in [0.05, 0.1) is 7.11 Å². The Morgan fingerprint density at radius 2 is 1.81 bits per heavy atom. The van der Waals surface area contributed by atoms with E-state index in [0.29, 0.717) is 22.7 Å². The van der Waals surface area contributed by atoms with Crippen molar-refractivity contribution in [3.8, 4) is 34.3 Å². The molecule has 0 saturated carbocycles. The molecule has 0 unspecified atom stereocenters. The standard InChI is InChI=1S/C15H11FN2O3/c1-20-13-7-4-10(8-12(13)19)15-17-14(18-21-15)9-2-5-11(16)6-3-9/h2-8,19H,1H3. The minimum absolute atomic E-state index is 0.0171. The summed E-state index contributed by atoms with van der Waals surface area (Å²) in [4.78, 5) is 4.22. The summed E-state index contributed by atoms with van der Waals surface area (Å²) in [6.45, 7) is 0. The maximum atomic E-state index is 12.9. The first kappa shape index (κ1) is 13.1. The second-order valence-electron chi connectivity index (χ2n) is 4.32. The third-order valence-corrected chi connectivity index (χ3v) is 2.95. The lowest BCUT2D eigenvalue weighted by atomic mass is 10.2. The highest BCUT2D eigenvalue weighted by Gasteiger charge is 2.12. The summed E-state index contributed by atoms with van der Waals surface area (Å²) >= 11 is 0. The molecule has 0 amide bonds. The van der Waals surface area contributed by atoms with Crippen LogP contribution >= 0.6 is 0 Å². The Bertz CT molecular complexity index is 769. The van der Waals surface area contributed by atoms with Gasteiger partial charge in [-0.1, -0.05) is 5.16 Å². The normalized spacial score (nSPS) is 10.6. The van der Waals surface area contributed by atoms with Crippen LogP contribution in [0, 0.1) is 5.82 Å². The molecule has 5 nitrogen and oxygen atoms in total. The van der Waals surface area contributed by atoms with Gasteiger partial charge in [0.1, 0.15) is 5.82 Å². The number of hydrogen-bond acceptors (Lipinski definition) is 5. The Hall–Kier alpha value is -2.89. The second-order valence-corrected chi connectivity index (χ2v) is 4.32. The van der Waals surface area contributed by atoms with E-state index < -0.39 is 0 Å². The monoisotopic (exact) mass is 286 g/mol. The van der Waals surface area contributed by atoms with E-state index in [-0.39, 0.29) is 17.5 Å². The van der Waals surface area contributed by atoms with Crippen molar-refractivity contribution < 1.29 is 18.8 Å². The molecule has 3 aromatic rings. The number of rotatable bonds is 3. The predicted octanol–water partition coefficient (Wildman–Crippen LogP) is 3.26. The number of ether oxygens (including phenoxy) is 1.